The van der Waals surface area contributed by atoms with Crippen molar-refractivity contribution in [2.75, 3.05) is 19.6 Å². The minimum absolute atomic E-state index is 0.275. The van der Waals surface area contributed by atoms with E-state index in [0.717, 1.165) is 38.0 Å². The van der Waals surface area contributed by atoms with Crippen LogP contribution in [0, 0.1) is 0 Å². The second kappa shape index (κ2) is 5.07. The van der Waals surface area contributed by atoms with Gasteiger partial charge >= 0.3 is 0 Å². The highest BCUT2D eigenvalue weighted by molar-refractivity contribution is 5.28. The van der Waals surface area contributed by atoms with Gasteiger partial charge in [0.1, 0.15) is 5.75 Å². The van der Waals surface area contributed by atoms with Crippen molar-refractivity contribution in [3.63, 3.8) is 0 Å². The van der Waals surface area contributed by atoms with Gasteiger partial charge in [-0.1, -0.05) is 19.1 Å². The zero-order valence-electron chi connectivity index (χ0n) is 10.4. The summed E-state index contributed by atoms with van der Waals surface area (Å²) in [6, 6.07) is 7.19. The summed E-state index contributed by atoms with van der Waals surface area (Å²) in [5.74, 6) is 0.275. The van der Waals surface area contributed by atoms with Crippen LogP contribution in [0.15, 0.2) is 24.3 Å². The number of aromatic hydroxyl groups is 1. The standard InChI is InChI=1S/C14H21NO2/c1-2-15-8-6-14(17,7-9-15)11-12-4-3-5-13(16)10-12/h3-5,10,16-17H,2,6-9,11H2,1H3. The first kappa shape index (κ1) is 12.4. The topological polar surface area (TPSA) is 43.7 Å². The first-order valence-corrected chi connectivity index (χ1v) is 6.34. The molecular formula is C14H21NO2. The molecule has 1 aliphatic heterocycles. The van der Waals surface area contributed by atoms with Crippen LogP contribution in [0.1, 0.15) is 25.3 Å². The van der Waals surface area contributed by atoms with Crippen molar-refractivity contribution in [1.82, 2.24) is 4.90 Å². The molecule has 3 nitrogen and oxygen atoms in total. The molecule has 1 heterocycles. The Balaban J connectivity index is 1.99. The molecule has 2 N–H and O–H groups in total. The molecule has 0 radical (unpaired) electrons. The maximum Gasteiger partial charge on any atom is 0.115 e. The molecule has 0 atom stereocenters. The van der Waals surface area contributed by atoms with Crippen molar-refractivity contribution in [3.8, 4) is 5.75 Å². The summed E-state index contributed by atoms with van der Waals surface area (Å²) in [5, 5.41) is 19.9. The quantitative estimate of drug-likeness (QED) is 0.839. The lowest BCUT2D eigenvalue weighted by molar-refractivity contribution is -0.0194. The fourth-order valence-electron chi connectivity index (χ4n) is 2.51. The van der Waals surface area contributed by atoms with E-state index in [4.69, 9.17) is 0 Å². The number of phenols is 1. The Morgan fingerprint density at radius 3 is 2.59 bits per heavy atom. The highest BCUT2D eigenvalue weighted by atomic mass is 16.3. The van der Waals surface area contributed by atoms with Gasteiger partial charge in [0, 0.05) is 19.5 Å². The Morgan fingerprint density at radius 1 is 1.29 bits per heavy atom. The average molecular weight is 235 g/mol. The molecular weight excluding hydrogens is 214 g/mol. The predicted molar refractivity (Wildman–Crippen MR) is 68.1 cm³/mol. The molecule has 94 valence electrons. The van der Waals surface area contributed by atoms with Crippen LogP contribution in [-0.2, 0) is 6.42 Å². The molecule has 0 unspecified atom stereocenters. The Labute approximate surface area is 103 Å². The van der Waals surface area contributed by atoms with E-state index in [-0.39, 0.29) is 5.75 Å². The number of phenolic OH excluding ortho intramolecular Hbond substituents is 1. The second-order valence-corrected chi connectivity index (χ2v) is 5.01. The summed E-state index contributed by atoms with van der Waals surface area (Å²) in [6.07, 6.45) is 2.27. The van der Waals surface area contributed by atoms with Crippen LogP contribution in [0.25, 0.3) is 0 Å². The second-order valence-electron chi connectivity index (χ2n) is 5.01. The molecule has 17 heavy (non-hydrogen) atoms. The summed E-state index contributed by atoms with van der Waals surface area (Å²) < 4.78 is 0. The SMILES string of the molecule is CCN1CCC(O)(Cc2cccc(O)c2)CC1. The van der Waals surface area contributed by atoms with Gasteiger partial charge in [-0.05, 0) is 37.1 Å². The molecule has 2 rings (SSSR count). The van der Waals surface area contributed by atoms with E-state index in [0.29, 0.717) is 6.42 Å². The fourth-order valence-corrected chi connectivity index (χ4v) is 2.51. The van der Waals surface area contributed by atoms with Crippen LogP contribution in [0.5, 0.6) is 5.75 Å². The maximum atomic E-state index is 10.5. The van der Waals surface area contributed by atoms with Gasteiger partial charge in [-0.15, -0.1) is 0 Å². The van der Waals surface area contributed by atoms with Gasteiger partial charge in [-0.25, -0.2) is 0 Å². The van der Waals surface area contributed by atoms with Crippen LogP contribution >= 0.6 is 0 Å². The van der Waals surface area contributed by atoms with Crippen molar-refractivity contribution in [1.29, 1.82) is 0 Å². The lowest BCUT2D eigenvalue weighted by atomic mass is 9.85. The monoisotopic (exact) mass is 235 g/mol. The first-order chi connectivity index (χ1) is 8.11. The molecule has 0 spiro atoms. The van der Waals surface area contributed by atoms with Crippen molar-refractivity contribution < 1.29 is 10.2 Å². The van der Waals surface area contributed by atoms with E-state index >= 15 is 0 Å². The number of hydrogen-bond donors (Lipinski definition) is 2. The van der Waals surface area contributed by atoms with E-state index in [1.54, 1.807) is 12.1 Å². The Kier molecular flexibility index (Phi) is 3.69. The summed E-state index contributed by atoms with van der Waals surface area (Å²) >= 11 is 0. The summed E-state index contributed by atoms with van der Waals surface area (Å²) in [4.78, 5) is 2.36. The molecule has 0 aliphatic carbocycles. The van der Waals surface area contributed by atoms with Crippen molar-refractivity contribution in [2.45, 2.75) is 31.8 Å². The van der Waals surface area contributed by atoms with Crippen LogP contribution in [0.2, 0.25) is 0 Å². The van der Waals surface area contributed by atoms with E-state index in [1.165, 1.54) is 0 Å². The zero-order valence-corrected chi connectivity index (χ0v) is 10.4. The van der Waals surface area contributed by atoms with Crippen LogP contribution in [-0.4, -0.2) is 40.3 Å². The predicted octanol–water partition coefficient (Wildman–Crippen LogP) is 1.78. The van der Waals surface area contributed by atoms with Gasteiger partial charge in [-0.3, -0.25) is 0 Å². The molecule has 0 saturated carbocycles. The van der Waals surface area contributed by atoms with Gasteiger partial charge in [0.25, 0.3) is 0 Å². The van der Waals surface area contributed by atoms with E-state index in [1.807, 2.05) is 12.1 Å². The van der Waals surface area contributed by atoms with Gasteiger partial charge in [-0.2, -0.15) is 0 Å². The maximum absolute atomic E-state index is 10.5. The zero-order chi connectivity index (χ0) is 12.3. The Bertz CT molecular complexity index is 370. The molecule has 1 aromatic carbocycles. The van der Waals surface area contributed by atoms with Crippen molar-refractivity contribution in [3.05, 3.63) is 29.8 Å². The number of aliphatic hydroxyl groups is 1. The molecule has 1 fully saturated rings. The number of likely N-dealkylation sites (tertiary alicyclic amines) is 1. The normalized spacial score (nSPS) is 20.4. The Morgan fingerprint density at radius 2 is 2.00 bits per heavy atom. The number of hydrogen-bond acceptors (Lipinski definition) is 3. The smallest absolute Gasteiger partial charge is 0.115 e. The summed E-state index contributed by atoms with van der Waals surface area (Å²) in [6.45, 7) is 5.14. The van der Waals surface area contributed by atoms with Gasteiger partial charge in [0.05, 0.1) is 5.60 Å². The highest BCUT2D eigenvalue weighted by Gasteiger charge is 2.31. The molecule has 1 saturated heterocycles. The van der Waals surface area contributed by atoms with Crippen LogP contribution in [0.4, 0.5) is 0 Å². The van der Waals surface area contributed by atoms with Gasteiger partial charge in [0.15, 0.2) is 0 Å². The minimum atomic E-state index is -0.598. The molecule has 0 amide bonds. The Hall–Kier alpha value is -1.06. The average Bonchev–Trinajstić information content (AvgIpc) is 2.29. The number of piperidine rings is 1. The van der Waals surface area contributed by atoms with Gasteiger partial charge < -0.3 is 15.1 Å². The lowest BCUT2D eigenvalue weighted by Gasteiger charge is -2.37. The third-order valence-corrected chi connectivity index (χ3v) is 3.68. The largest absolute Gasteiger partial charge is 0.508 e. The van der Waals surface area contributed by atoms with E-state index < -0.39 is 5.60 Å². The molecule has 0 bridgehead atoms. The molecule has 3 heteroatoms. The first-order valence-electron chi connectivity index (χ1n) is 6.34. The molecule has 1 aliphatic rings. The number of benzene rings is 1. The number of nitrogens with zero attached hydrogens (tertiary/aromatic N) is 1. The summed E-state index contributed by atoms with van der Waals surface area (Å²) in [5.41, 5.74) is 0.414. The third-order valence-electron chi connectivity index (χ3n) is 3.68. The number of rotatable bonds is 3. The fraction of sp³-hybridized carbons (Fsp3) is 0.571. The van der Waals surface area contributed by atoms with Gasteiger partial charge in [0.2, 0.25) is 0 Å². The molecule has 1 aromatic rings. The van der Waals surface area contributed by atoms with E-state index in [2.05, 4.69) is 11.8 Å². The van der Waals surface area contributed by atoms with Crippen LogP contribution in [0.3, 0.4) is 0 Å². The van der Waals surface area contributed by atoms with Crippen LogP contribution < -0.4 is 0 Å². The minimum Gasteiger partial charge on any atom is -0.508 e. The van der Waals surface area contributed by atoms with Crippen molar-refractivity contribution in [2.24, 2.45) is 0 Å². The third kappa shape index (κ3) is 3.20. The van der Waals surface area contributed by atoms with E-state index in [9.17, 15) is 10.2 Å². The highest BCUT2D eigenvalue weighted by Crippen LogP contribution is 2.27. The van der Waals surface area contributed by atoms with Crippen molar-refractivity contribution >= 4 is 0 Å². The lowest BCUT2D eigenvalue weighted by Crippen LogP contribution is -2.45. The summed E-state index contributed by atoms with van der Waals surface area (Å²) in [7, 11) is 0. The molecule has 0 aromatic heterocycles.